The van der Waals surface area contributed by atoms with Crippen LogP contribution in [0.25, 0.3) is 0 Å². The van der Waals surface area contributed by atoms with Crippen molar-refractivity contribution in [2.75, 3.05) is 41.0 Å². The third-order valence-electron chi connectivity index (χ3n) is 9.40. The van der Waals surface area contributed by atoms with Crippen LogP contribution in [0.1, 0.15) is 187 Å². The van der Waals surface area contributed by atoms with Crippen LogP contribution in [0.5, 0.6) is 0 Å². The van der Waals surface area contributed by atoms with Gasteiger partial charge in [-0.05, 0) is 32.1 Å². The highest BCUT2D eigenvalue weighted by atomic mass is 16.6. The van der Waals surface area contributed by atoms with Crippen LogP contribution in [0.2, 0.25) is 0 Å². The van der Waals surface area contributed by atoms with Crippen LogP contribution in [-0.4, -0.2) is 75.5 Å². The average Bonchev–Trinajstić information content (AvgIpc) is 3.06. The summed E-state index contributed by atoms with van der Waals surface area (Å²) in [5.74, 6) is -1.74. The predicted molar refractivity (Wildman–Crippen MR) is 204 cm³/mol. The maximum absolute atomic E-state index is 12.7. The monoisotopic (exact) mass is 710 g/mol. The van der Waals surface area contributed by atoms with Gasteiger partial charge in [0.05, 0.1) is 40.3 Å². The molecule has 294 valence electrons. The van der Waals surface area contributed by atoms with Crippen molar-refractivity contribution >= 4 is 17.9 Å². The fraction of sp³-hybridized carbons (Fsp3) is 0.881. The van der Waals surface area contributed by atoms with Gasteiger partial charge in [0, 0.05) is 19.3 Å². The van der Waals surface area contributed by atoms with Crippen molar-refractivity contribution in [2.45, 2.75) is 199 Å². The van der Waals surface area contributed by atoms with E-state index in [0.717, 1.165) is 57.8 Å². The minimum atomic E-state index is -1.12. The quantitative estimate of drug-likeness (QED) is 0.0274. The topological polar surface area (TPSA) is 102 Å². The molecule has 0 amide bonds. The molecule has 0 radical (unpaired) electrons. The van der Waals surface area contributed by atoms with E-state index >= 15 is 0 Å². The number of carboxylic acid groups (broad SMARTS) is 1. The summed E-state index contributed by atoms with van der Waals surface area (Å²) in [6.45, 7) is 4.62. The Morgan fingerprint density at radius 1 is 0.580 bits per heavy atom. The number of ether oxygens (including phenoxy) is 3. The van der Waals surface area contributed by atoms with Crippen molar-refractivity contribution in [1.29, 1.82) is 0 Å². The van der Waals surface area contributed by atoms with Gasteiger partial charge in [-0.1, -0.05) is 148 Å². The lowest BCUT2D eigenvalue weighted by molar-refractivity contribution is -0.889. The fourth-order valence-corrected chi connectivity index (χ4v) is 6.11. The van der Waals surface area contributed by atoms with Gasteiger partial charge in [0.1, 0.15) is 12.6 Å². The van der Waals surface area contributed by atoms with Gasteiger partial charge >= 0.3 is 11.9 Å². The molecule has 0 spiro atoms. The first-order chi connectivity index (χ1) is 24.1. The zero-order chi connectivity index (χ0) is 37.1. The van der Waals surface area contributed by atoms with E-state index in [2.05, 4.69) is 26.0 Å². The number of unbranched alkanes of at least 4 members (excludes halogenated alkanes) is 21. The first-order valence-electron chi connectivity index (χ1n) is 20.7. The molecule has 0 aliphatic carbocycles. The van der Waals surface area contributed by atoms with Gasteiger partial charge < -0.3 is 28.6 Å². The highest BCUT2D eigenvalue weighted by molar-refractivity contribution is 5.70. The summed E-state index contributed by atoms with van der Waals surface area (Å²) >= 11 is 0. The molecule has 0 aromatic heterocycles. The molecule has 0 aromatic carbocycles. The lowest BCUT2D eigenvalue weighted by atomic mass is 10.0. The Morgan fingerprint density at radius 3 is 1.50 bits per heavy atom. The minimum absolute atomic E-state index is 0.0423. The summed E-state index contributed by atoms with van der Waals surface area (Å²) in [6, 6.07) is -0.721. The summed E-state index contributed by atoms with van der Waals surface area (Å²) in [6.07, 6.45) is 33.8. The van der Waals surface area contributed by atoms with Gasteiger partial charge in [-0.15, -0.1) is 0 Å². The predicted octanol–water partition coefficient (Wildman–Crippen LogP) is 9.41. The molecule has 0 saturated carbocycles. The third kappa shape index (κ3) is 32.0. The first-order valence-corrected chi connectivity index (χ1v) is 20.7. The maximum Gasteiger partial charge on any atom is 0.306 e. The maximum atomic E-state index is 12.7. The Hall–Kier alpha value is -1.93. The van der Waals surface area contributed by atoms with E-state index in [1.165, 1.54) is 96.3 Å². The molecular formula is C42H79NO7. The Balaban J connectivity index is 4.33. The fourth-order valence-electron chi connectivity index (χ4n) is 6.11. The molecule has 2 atom stereocenters. The number of rotatable bonds is 37. The molecule has 0 aliphatic rings. The number of nitrogens with zero attached hydrogens (tertiary/aromatic N) is 1. The van der Waals surface area contributed by atoms with E-state index in [1.807, 2.05) is 0 Å². The van der Waals surface area contributed by atoms with Crippen LogP contribution in [0.3, 0.4) is 0 Å². The first kappa shape index (κ1) is 48.1. The summed E-state index contributed by atoms with van der Waals surface area (Å²) in [5.41, 5.74) is 0. The molecular weight excluding hydrogens is 630 g/mol. The van der Waals surface area contributed by atoms with Gasteiger partial charge in [-0.2, -0.15) is 0 Å². The SMILES string of the molecule is CCCC/C=C/CCCCCCC(=O)OCC(COCCC(C(=O)[O-])[N+](C)(C)C)OC(=O)CCCCCCCCCCCCCCCCCC. The second kappa shape index (κ2) is 34.2. The number of hydrogen-bond donors (Lipinski definition) is 0. The molecule has 0 aliphatic heterocycles. The molecule has 0 saturated heterocycles. The number of carbonyl (C=O) groups is 3. The molecule has 0 heterocycles. The highest BCUT2D eigenvalue weighted by Crippen LogP contribution is 2.15. The van der Waals surface area contributed by atoms with E-state index < -0.39 is 18.1 Å². The number of esters is 2. The number of carbonyl (C=O) groups excluding carboxylic acids is 3. The van der Waals surface area contributed by atoms with Gasteiger partial charge in [0.2, 0.25) is 0 Å². The van der Waals surface area contributed by atoms with Gasteiger partial charge in [-0.25, -0.2) is 0 Å². The van der Waals surface area contributed by atoms with Crippen molar-refractivity contribution in [3.05, 3.63) is 12.2 Å². The summed E-state index contributed by atoms with van der Waals surface area (Å²) in [4.78, 5) is 36.7. The van der Waals surface area contributed by atoms with Crippen molar-refractivity contribution in [1.82, 2.24) is 0 Å². The molecule has 0 fully saturated rings. The lowest BCUT2D eigenvalue weighted by Crippen LogP contribution is -2.55. The van der Waals surface area contributed by atoms with Gasteiger partial charge in [0.25, 0.3) is 0 Å². The smallest absolute Gasteiger partial charge is 0.306 e. The third-order valence-corrected chi connectivity index (χ3v) is 9.40. The van der Waals surface area contributed by atoms with Crippen LogP contribution < -0.4 is 5.11 Å². The zero-order valence-corrected chi connectivity index (χ0v) is 33.3. The van der Waals surface area contributed by atoms with Gasteiger partial charge in [-0.3, -0.25) is 9.59 Å². The molecule has 8 nitrogen and oxygen atoms in total. The van der Waals surface area contributed by atoms with E-state index in [-0.39, 0.29) is 42.7 Å². The molecule has 2 unspecified atom stereocenters. The van der Waals surface area contributed by atoms with Crippen LogP contribution in [-0.2, 0) is 28.6 Å². The van der Waals surface area contributed by atoms with Gasteiger partial charge in [0.15, 0.2) is 6.10 Å². The second-order valence-electron chi connectivity index (χ2n) is 15.2. The van der Waals surface area contributed by atoms with E-state index in [4.69, 9.17) is 14.2 Å². The number of carboxylic acids is 1. The van der Waals surface area contributed by atoms with Crippen molar-refractivity contribution in [3.63, 3.8) is 0 Å². The van der Waals surface area contributed by atoms with Crippen LogP contribution in [0.15, 0.2) is 12.2 Å². The second-order valence-corrected chi connectivity index (χ2v) is 15.2. The molecule has 0 N–H and O–H groups in total. The molecule has 0 bridgehead atoms. The normalized spacial score (nSPS) is 13.1. The van der Waals surface area contributed by atoms with E-state index in [1.54, 1.807) is 21.1 Å². The Labute approximate surface area is 308 Å². The summed E-state index contributed by atoms with van der Waals surface area (Å²) in [7, 11) is 5.40. The minimum Gasteiger partial charge on any atom is -0.544 e. The molecule has 0 rings (SSSR count). The number of likely N-dealkylation sites (N-methyl/N-ethyl adjacent to an activating group) is 1. The number of allylic oxidation sites excluding steroid dienone is 2. The Bertz CT molecular complexity index is 838. The zero-order valence-electron chi connectivity index (χ0n) is 33.3. The van der Waals surface area contributed by atoms with E-state index in [0.29, 0.717) is 12.8 Å². The summed E-state index contributed by atoms with van der Waals surface area (Å²) in [5, 5.41) is 11.6. The van der Waals surface area contributed by atoms with Crippen molar-refractivity contribution in [3.8, 4) is 0 Å². The lowest BCUT2D eigenvalue weighted by Gasteiger charge is -2.34. The summed E-state index contributed by atoms with van der Waals surface area (Å²) < 4.78 is 17.1. The average molecular weight is 710 g/mol. The van der Waals surface area contributed by atoms with Crippen LogP contribution in [0.4, 0.5) is 0 Å². The molecule has 50 heavy (non-hydrogen) atoms. The molecule has 0 aromatic rings. The van der Waals surface area contributed by atoms with E-state index in [9.17, 15) is 19.5 Å². The Morgan fingerprint density at radius 2 is 1.02 bits per heavy atom. The molecule has 8 heteroatoms. The van der Waals surface area contributed by atoms with Crippen molar-refractivity contribution < 1.29 is 38.2 Å². The standard InChI is InChI=1S/C42H79NO7/c1-6-8-10-12-14-16-18-19-20-21-22-23-25-27-29-31-33-41(45)50-38(36-48-35-34-39(42(46)47)43(3,4)5)37-49-40(44)32-30-28-26-24-17-15-13-11-9-7-2/h13,15,38-39H,6-12,14,16-37H2,1-5H3/b15-13+. The largest absolute Gasteiger partial charge is 0.544 e. The number of quaternary nitrogens is 1. The van der Waals surface area contributed by atoms with Crippen molar-refractivity contribution in [2.24, 2.45) is 0 Å². The Kier molecular flexibility index (Phi) is 32.9. The van der Waals surface area contributed by atoms with Crippen LogP contribution in [0, 0.1) is 0 Å². The number of hydrogen-bond acceptors (Lipinski definition) is 7. The highest BCUT2D eigenvalue weighted by Gasteiger charge is 2.25. The van der Waals surface area contributed by atoms with Crippen LogP contribution >= 0.6 is 0 Å². The number of aliphatic carboxylic acids is 1.